The molecule has 1 aliphatic heterocycles. The van der Waals surface area contributed by atoms with Crippen LogP contribution in [0.4, 0.5) is 0 Å². The van der Waals surface area contributed by atoms with Crippen LogP contribution in [0, 0.1) is 0 Å². The summed E-state index contributed by atoms with van der Waals surface area (Å²) in [6.07, 6.45) is 11.6. The van der Waals surface area contributed by atoms with Crippen molar-refractivity contribution in [2.24, 2.45) is 0 Å². The molecule has 2 atom stereocenters. The number of benzene rings is 1. The van der Waals surface area contributed by atoms with Gasteiger partial charge in [-0.3, -0.25) is 4.90 Å². The quantitative estimate of drug-likeness (QED) is 0.353. The molecule has 1 heterocycles. The van der Waals surface area contributed by atoms with E-state index < -0.39 is 0 Å². The third-order valence-electron chi connectivity index (χ3n) is 6.37. The lowest BCUT2D eigenvalue weighted by atomic mass is 9.87. The van der Waals surface area contributed by atoms with Gasteiger partial charge in [0.25, 0.3) is 0 Å². The predicted molar refractivity (Wildman–Crippen MR) is 133 cm³/mol. The molecule has 0 spiro atoms. The lowest BCUT2D eigenvalue weighted by Crippen LogP contribution is -2.56. The zero-order valence-electron chi connectivity index (χ0n) is 16.9. The molecule has 28 heavy (non-hydrogen) atoms. The normalized spacial score (nSPS) is 25.0. The van der Waals surface area contributed by atoms with E-state index in [9.17, 15) is 0 Å². The molecule has 2 unspecified atom stereocenters. The molecular weight excluding hydrogens is 447 g/mol. The van der Waals surface area contributed by atoms with Gasteiger partial charge in [-0.15, -0.1) is 23.5 Å². The SMILES string of the molecule is CSC1(SC)CCC(N(C)C(=S)Cc2ccc(Cl)c(Cl)c2)C(N2CCCC2)C1. The Balaban J connectivity index is 1.74. The van der Waals surface area contributed by atoms with Gasteiger partial charge in [-0.1, -0.05) is 41.5 Å². The van der Waals surface area contributed by atoms with Crippen molar-refractivity contribution in [3.05, 3.63) is 33.8 Å². The van der Waals surface area contributed by atoms with Crippen LogP contribution in [0.2, 0.25) is 10.0 Å². The number of likely N-dealkylation sites (N-methyl/N-ethyl adjacent to an activating group) is 1. The summed E-state index contributed by atoms with van der Waals surface area (Å²) in [6, 6.07) is 6.89. The maximum Gasteiger partial charge on any atom is 0.0824 e. The van der Waals surface area contributed by atoms with Crippen LogP contribution in [0.1, 0.15) is 37.7 Å². The summed E-state index contributed by atoms with van der Waals surface area (Å²) in [6.45, 7) is 2.46. The van der Waals surface area contributed by atoms with Crippen LogP contribution >= 0.6 is 58.9 Å². The first kappa shape index (κ1) is 23.0. The van der Waals surface area contributed by atoms with Gasteiger partial charge in [0.15, 0.2) is 0 Å². The van der Waals surface area contributed by atoms with Crippen LogP contribution in [0.25, 0.3) is 0 Å². The minimum atomic E-state index is 0.343. The molecule has 2 fully saturated rings. The third-order valence-corrected chi connectivity index (χ3v) is 10.8. The van der Waals surface area contributed by atoms with E-state index in [2.05, 4.69) is 29.4 Å². The highest BCUT2D eigenvalue weighted by atomic mass is 35.5. The molecule has 0 N–H and O–H groups in total. The Morgan fingerprint density at radius 3 is 2.50 bits per heavy atom. The van der Waals surface area contributed by atoms with Crippen molar-refractivity contribution in [3.63, 3.8) is 0 Å². The van der Waals surface area contributed by atoms with Crippen molar-refractivity contribution in [2.75, 3.05) is 32.6 Å². The monoisotopic (exact) mass is 476 g/mol. The number of hydrogen-bond acceptors (Lipinski definition) is 4. The van der Waals surface area contributed by atoms with E-state index in [0.29, 0.717) is 26.2 Å². The Kier molecular flexibility index (Phi) is 8.31. The average Bonchev–Trinajstić information content (AvgIpc) is 3.24. The summed E-state index contributed by atoms with van der Waals surface area (Å²) in [5.41, 5.74) is 1.13. The van der Waals surface area contributed by atoms with Crippen molar-refractivity contribution in [2.45, 2.75) is 54.7 Å². The molecule has 0 aromatic heterocycles. The second kappa shape index (κ2) is 10.1. The fraction of sp³-hybridized carbons (Fsp3) is 0.667. The second-order valence-corrected chi connectivity index (χ2v) is 11.8. The van der Waals surface area contributed by atoms with Crippen molar-refractivity contribution in [3.8, 4) is 0 Å². The Hall–Kier alpha value is 0.350. The number of halogens is 2. The predicted octanol–water partition coefficient (Wildman–Crippen LogP) is 6.23. The topological polar surface area (TPSA) is 6.48 Å². The lowest BCUT2D eigenvalue weighted by Gasteiger charge is -2.49. The van der Waals surface area contributed by atoms with Crippen LogP contribution in [-0.4, -0.2) is 63.6 Å². The highest BCUT2D eigenvalue weighted by molar-refractivity contribution is 8.17. The molecular formula is C21H30Cl2N2S3. The van der Waals surface area contributed by atoms with Gasteiger partial charge in [0, 0.05) is 25.6 Å². The number of hydrogen-bond donors (Lipinski definition) is 0. The summed E-state index contributed by atoms with van der Waals surface area (Å²) in [5.74, 6) is 0. The molecule has 1 saturated carbocycles. The average molecular weight is 478 g/mol. The van der Waals surface area contributed by atoms with E-state index >= 15 is 0 Å². The summed E-state index contributed by atoms with van der Waals surface area (Å²) >= 11 is 22.2. The molecule has 7 heteroatoms. The molecule has 1 saturated heterocycles. The van der Waals surface area contributed by atoms with Crippen LogP contribution in [0.3, 0.4) is 0 Å². The van der Waals surface area contributed by atoms with Crippen molar-refractivity contribution in [1.29, 1.82) is 0 Å². The zero-order chi connectivity index (χ0) is 20.3. The molecule has 0 radical (unpaired) electrons. The first-order valence-electron chi connectivity index (χ1n) is 9.93. The van der Waals surface area contributed by atoms with E-state index in [1.54, 1.807) is 0 Å². The maximum atomic E-state index is 6.20. The second-order valence-electron chi connectivity index (χ2n) is 7.87. The first-order chi connectivity index (χ1) is 13.4. The highest BCUT2D eigenvalue weighted by Gasteiger charge is 2.44. The molecule has 2 aliphatic rings. The molecule has 1 aliphatic carbocycles. The molecule has 1 aromatic carbocycles. The number of thioether (sulfide) groups is 2. The number of nitrogens with zero attached hydrogens (tertiary/aromatic N) is 2. The van der Waals surface area contributed by atoms with Gasteiger partial charge >= 0.3 is 0 Å². The van der Waals surface area contributed by atoms with Gasteiger partial charge < -0.3 is 4.90 Å². The molecule has 3 rings (SSSR count). The van der Waals surface area contributed by atoms with E-state index in [0.717, 1.165) is 17.0 Å². The van der Waals surface area contributed by atoms with E-state index in [1.807, 2.05) is 41.7 Å². The fourth-order valence-corrected chi connectivity index (χ4v) is 7.21. The molecule has 2 nitrogen and oxygen atoms in total. The van der Waals surface area contributed by atoms with Gasteiger partial charge in [0.2, 0.25) is 0 Å². The Morgan fingerprint density at radius 1 is 1.21 bits per heavy atom. The Morgan fingerprint density at radius 2 is 1.89 bits per heavy atom. The summed E-state index contributed by atoms with van der Waals surface area (Å²) < 4.78 is 0.343. The van der Waals surface area contributed by atoms with Crippen molar-refractivity contribution in [1.82, 2.24) is 9.80 Å². The minimum absolute atomic E-state index is 0.343. The maximum absolute atomic E-state index is 6.20. The Bertz CT molecular complexity index is 690. The van der Waals surface area contributed by atoms with Gasteiger partial charge in [-0.05, 0) is 75.4 Å². The standard InChI is InChI=1S/C21H30Cl2N2S3/c1-24(20(26)13-15-6-7-16(22)17(23)12-15)18-8-9-21(27-2,28-3)14-19(18)25-10-4-5-11-25/h6-7,12,18-19H,4-5,8-11,13-14H2,1-3H3. The highest BCUT2D eigenvalue weighted by Crippen LogP contribution is 2.48. The van der Waals surface area contributed by atoms with Crippen molar-refractivity contribution >= 4 is 63.9 Å². The largest absolute Gasteiger partial charge is 0.364 e. The molecule has 0 bridgehead atoms. The van der Waals surface area contributed by atoms with E-state index in [-0.39, 0.29) is 0 Å². The summed E-state index contributed by atoms with van der Waals surface area (Å²) in [4.78, 5) is 6.10. The van der Waals surface area contributed by atoms with E-state index in [1.165, 1.54) is 45.2 Å². The van der Waals surface area contributed by atoms with Gasteiger partial charge in [0.1, 0.15) is 0 Å². The smallest absolute Gasteiger partial charge is 0.0824 e. The fourth-order valence-electron chi connectivity index (χ4n) is 4.60. The molecule has 0 amide bonds. The van der Waals surface area contributed by atoms with Crippen LogP contribution < -0.4 is 0 Å². The van der Waals surface area contributed by atoms with E-state index in [4.69, 9.17) is 35.4 Å². The third kappa shape index (κ3) is 5.15. The number of likely N-dealkylation sites (tertiary alicyclic amines) is 1. The van der Waals surface area contributed by atoms with Crippen molar-refractivity contribution < 1.29 is 0 Å². The number of thiocarbonyl (C=S) groups is 1. The zero-order valence-corrected chi connectivity index (χ0v) is 20.9. The minimum Gasteiger partial charge on any atom is -0.364 e. The first-order valence-corrected chi connectivity index (χ1v) is 13.5. The Labute approximate surface area is 194 Å². The van der Waals surface area contributed by atoms with Gasteiger partial charge in [-0.25, -0.2) is 0 Å². The van der Waals surface area contributed by atoms with Gasteiger partial charge in [-0.2, -0.15) is 0 Å². The number of rotatable bonds is 6. The molecule has 156 valence electrons. The van der Waals surface area contributed by atoms with Crippen LogP contribution in [-0.2, 0) is 6.42 Å². The lowest BCUT2D eigenvalue weighted by molar-refractivity contribution is 0.110. The van der Waals surface area contributed by atoms with Crippen LogP contribution in [0.15, 0.2) is 18.2 Å². The summed E-state index contributed by atoms with van der Waals surface area (Å²) in [7, 11) is 2.19. The van der Waals surface area contributed by atoms with Crippen LogP contribution in [0.5, 0.6) is 0 Å². The van der Waals surface area contributed by atoms with Gasteiger partial charge in [0.05, 0.1) is 19.1 Å². The molecule has 1 aromatic rings. The summed E-state index contributed by atoms with van der Waals surface area (Å²) in [5, 5.41) is 1.19.